The van der Waals surface area contributed by atoms with Crippen molar-refractivity contribution in [2.24, 2.45) is 9.98 Å². The molecule has 1 aliphatic heterocycles. The van der Waals surface area contributed by atoms with Crippen LogP contribution in [0.4, 0.5) is 0 Å². The lowest BCUT2D eigenvalue weighted by atomic mass is 9.90. The normalized spacial score (nSPS) is 14.8. The van der Waals surface area contributed by atoms with Gasteiger partial charge in [0.05, 0.1) is 16.7 Å². The number of allylic oxidation sites excluding steroid dienone is 2. The van der Waals surface area contributed by atoms with E-state index in [2.05, 4.69) is 240 Å². The molecule has 13 rings (SSSR count). The average molecular weight is 889 g/mol. The van der Waals surface area contributed by atoms with Crippen molar-refractivity contribution in [3.8, 4) is 50.2 Å². The second-order valence-electron chi connectivity index (χ2n) is 17.6. The molecule has 0 spiro atoms. The minimum Gasteiger partial charge on any atom is -0.344 e. The Morgan fingerprint density at radius 2 is 1.03 bits per heavy atom. The molecule has 1 unspecified atom stereocenters. The van der Waals surface area contributed by atoms with Gasteiger partial charge in [0.1, 0.15) is 12.0 Å². The zero-order chi connectivity index (χ0) is 45.0. The Kier molecular flexibility index (Phi) is 9.87. The summed E-state index contributed by atoms with van der Waals surface area (Å²) in [6.45, 7) is 0. The molecule has 0 amide bonds. The van der Waals surface area contributed by atoms with E-state index < -0.39 is 0 Å². The van der Waals surface area contributed by atoms with E-state index in [1.165, 1.54) is 58.7 Å². The lowest BCUT2D eigenvalue weighted by molar-refractivity contribution is 0.674. The molecule has 11 aromatic rings. The van der Waals surface area contributed by atoms with Crippen molar-refractivity contribution < 1.29 is 0 Å². The number of nitrogens with one attached hydrogen (secondary N) is 1. The highest BCUT2D eigenvalue weighted by molar-refractivity contribution is 7.25. The molecular formula is C63H44N4S. The molecule has 1 aliphatic carbocycles. The smallest absolute Gasteiger partial charge is 0.159 e. The minimum atomic E-state index is -0.321. The number of hydrogen-bond donors (Lipinski definition) is 1. The molecule has 2 aromatic heterocycles. The summed E-state index contributed by atoms with van der Waals surface area (Å²) >= 11 is 1.86. The van der Waals surface area contributed by atoms with Gasteiger partial charge in [0, 0.05) is 53.2 Å². The van der Waals surface area contributed by atoms with E-state index in [-0.39, 0.29) is 6.17 Å². The number of para-hydroxylation sites is 1. The van der Waals surface area contributed by atoms with E-state index >= 15 is 0 Å². The standard InChI is InChI=1S/C63H44N4S/c1-5-17-41(18-6-1)43-29-33-45(34-30-43)52-37-49(63-65-61(47-21-9-3-10-22-47)64-62(66-63)48-23-11-4-12-24-48)38-53(46-35-31-44(32-36-46)42-19-7-2-8-20-42)60(52)67-56-27-15-13-25-50(56)54-39-55-51-26-14-16-28-58(51)68-59(55)40-57(54)67/h1-3,5-11,13-40,61H,4,12H2,(H,64,65,66). The summed E-state index contributed by atoms with van der Waals surface area (Å²) < 4.78 is 5.10. The molecule has 4 nitrogen and oxygen atoms in total. The quantitative estimate of drug-likeness (QED) is 0.162. The van der Waals surface area contributed by atoms with Crippen LogP contribution in [0.1, 0.15) is 30.1 Å². The van der Waals surface area contributed by atoms with Gasteiger partial charge in [-0.05, 0) is 88.2 Å². The molecule has 0 saturated heterocycles. The Labute approximate surface area is 399 Å². The molecule has 0 fully saturated rings. The van der Waals surface area contributed by atoms with Gasteiger partial charge in [-0.1, -0.05) is 194 Å². The molecule has 68 heavy (non-hydrogen) atoms. The maximum atomic E-state index is 5.41. The van der Waals surface area contributed by atoms with Crippen LogP contribution in [0.5, 0.6) is 0 Å². The van der Waals surface area contributed by atoms with Gasteiger partial charge in [-0.15, -0.1) is 11.3 Å². The minimum absolute atomic E-state index is 0.321. The van der Waals surface area contributed by atoms with Gasteiger partial charge < -0.3 is 9.88 Å². The van der Waals surface area contributed by atoms with E-state index in [0.29, 0.717) is 0 Å². The third kappa shape index (κ3) is 7.07. The maximum Gasteiger partial charge on any atom is 0.159 e. The van der Waals surface area contributed by atoms with Crippen LogP contribution < -0.4 is 5.32 Å². The van der Waals surface area contributed by atoms with Crippen molar-refractivity contribution in [1.29, 1.82) is 0 Å². The number of nitrogens with zero attached hydrogens (tertiary/aromatic N) is 3. The predicted octanol–water partition coefficient (Wildman–Crippen LogP) is 16.5. The predicted molar refractivity (Wildman–Crippen MR) is 288 cm³/mol. The molecule has 322 valence electrons. The van der Waals surface area contributed by atoms with Crippen molar-refractivity contribution in [2.75, 3.05) is 0 Å². The highest BCUT2D eigenvalue weighted by Gasteiger charge is 2.27. The molecule has 1 N–H and O–H groups in total. The first-order chi connectivity index (χ1) is 33.7. The Morgan fingerprint density at radius 3 is 1.68 bits per heavy atom. The topological polar surface area (TPSA) is 41.7 Å². The number of hydrogen-bond acceptors (Lipinski definition) is 4. The molecule has 5 heteroatoms. The van der Waals surface area contributed by atoms with E-state index in [0.717, 1.165) is 74.7 Å². The number of rotatable bonds is 8. The van der Waals surface area contributed by atoms with Crippen molar-refractivity contribution in [1.82, 2.24) is 9.88 Å². The van der Waals surface area contributed by atoms with Gasteiger partial charge in [0.15, 0.2) is 5.84 Å². The summed E-state index contributed by atoms with van der Waals surface area (Å²) in [5.74, 6) is 1.53. The molecule has 0 bridgehead atoms. The SMILES string of the molecule is C1=CC(C2=NC(c3ccccc3)NC(c3cc(-c4ccc(-c5ccccc5)cc4)c(-n4c5ccccc5c5cc6c(cc54)sc4ccccc46)c(-c4ccc(-c5ccccc5)cc4)c3)=N2)=CCC1. The zero-order valence-electron chi connectivity index (χ0n) is 37.2. The first kappa shape index (κ1) is 39.9. The van der Waals surface area contributed by atoms with Crippen LogP contribution >= 0.6 is 11.3 Å². The Bertz CT molecular complexity index is 3730. The number of fused-ring (bicyclic) bond motifs is 6. The van der Waals surface area contributed by atoms with Gasteiger partial charge in [-0.2, -0.15) is 0 Å². The van der Waals surface area contributed by atoms with Gasteiger partial charge in [-0.3, -0.25) is 0 Å². The van der Waals surface area contributed by atoms with Crippen molar-refractivity contribution in [3.63, 3.8) is 0 Å². The van der Waals surface area contributed by atoms with Gasteiger partial charge in [-0.25, -0.2) is 9.98 Å². The first-order valence-corrected chi connectivity index (χ1v) is 24.2. The number of aliphatic imine (C=N–C) groups is 2. The van der Waals surface area contributed by atoms with Gasteiger partial charge >= 0.3 is 0 Å². The maximum absolute atomic E-state index is 5.41. The van der Waals surface area contributed by atoms with Crippen LogP contribution in [0.2, 0.25) is 0 Å². The van der Waals surface area contributed by atoms with E-state index in [9.17, 15) is 0 Å². The number of thiophene rings is 1. The largest absolute Gasteiger partial charge is 0.344 e. The summed E-state index contributed by atoms with van der Waals surface area (Å²) in [4.78, 5) is 10.7. The van der Waals surface area contributed by atoms with Gasteiger partial charge in [0.2, 0.25) is 0 Å². The molecule has 2 aliphatic rings. The molecule has 0 saturated carbocycles. The number of benzene rings is 9. The van der Waals surface area contributed by atoms with Crippen LogP contribution in [0.3, 0.4) is 0 Å². The van der Waals surface area contributed by atoms with Crippen LogP contribution in [-0.4, -0.2) is 16.2 Å². The van der Waals surface area contributed by atoms with Crippen LogP contribution in [0.25, 0.3) is 92.2 Å². The van der Waals surface area contributed by atoms with Crippen LogP contribution in [0.15, 0.2) is 246 Å². The summed E-state index contributed by atoms with van der Waals surface area (Å²) in [6, 6.07) is 77.3. The Balaban J connectivity index is 1.11. The summed E-state index contributed by atoms with van der Waals surface area (Å²) in [7, 11) is 0. The van der Waals surface area contributed by atoms with E-state index in [4.69, 9.17) is 9.98 Å². The van der Waals surface area contributed by atoms with E-state index in [1.807, 2.05) is 11.3 Å². The van der Waals surface area contributed by atoms with Gasteiger partial charge in [0.25, 0.3) is 0 Å². The van der Waals surface area contributed by atoms with Crippen LogP contribution in [0, 0.1) is 0 Å². The fourth-order valence-electron chi connectivity index (χ4n) is 10.1. The molecule has 3 heterocycles. The molecule has 1 atom stereocenters. The average Bonchev–Trinajstić information content (AvgIpc) is 3.95. The Hall–Kier alpha value is -8.38. The summed E-state index contributed by atoms with van der Waals surface area (Å²) in [5, 5.41) is 8.87. The molecule has 9 aromatic carbocycles. The van der Waals surface area contributed by atoms with Crippen LogP contribution in [-0.2, 0) is 0 Å². The number of aromatic nitrogens is 1. The molecule has 0 radical (unpaired) electrons. The van der Waals surface area contributed by atoms with Crippen molar-refractivity contribution in [2.45, 2.75) is 19.0 Å². The third-order valence-electron chi connectivity index (χ3n) is 13.5. The lowest BCUT2D eigenvalue weighted by Crippen LogP contribution is -2.33. The zero-order valence-corrected chi connectivity index (χ0v) is 38.0. The monoisotopic (exact) mass is 888 g/mol. The third-order valence-corrected chi connectivity index (χ3v) is 14.6. The summed E-state index contributed by atoms with van der Waals surface area (Å²) in [5.41, 5.74) is 15.7. The highest BCUT2D eigenvalue weighted by atomic mass is 32.1. The highest BCUT2D eigenvalue weighted by Crippen LogP contribution is 2.46. The lowest BCUT2D eigenvalue weighted by Gasteiger charge is -2.26. The first-order valence-electron chi connectivity index (χ1n) is 23.4. The number of amidine groups is 2. The van der Waals surface area contributed by atoms with E-state index in [1.54, 1.807) is 0 Å². The summed E-state index contributed by atoms with van der Waals surface area (Å²) in [6.07, 6.45) is 8.34. The van der Waals surface area contributed by atoms with Crippen molar-refractivity contribution >= 4 is 65.0 Å². The molecular weight excluding hydrogens is 845 g/mol. The fourth-order valence-corrected chi connectivity index (χ4v) is 11.3. The second kappa shape index (κ2) is 16.8. The fraction of sp³-hybridized carbons (Fsp3) is 0.0476. The Morgan fingerprint density at radius 1 is 0.456 bits per heavy atom. The van der Waals surface area contributed by atoms with Crippen molar-refractivity contribution in [3.05, 3.63) is 247 Å². The second-order valence-corrected chi connectivity index (χ2v) is 18.7.